The molecule has 4 nitrogen and oxygen atoms in total. The van der Waals surface area contributed by atoms with Gasteiger partial charge in [-0.15, -0.1) is 0 Å². The van der Waals surface area contributed by atoms with E-state index in [1.54, 1.807) is 0 Å². The molecule has 1 amide bonds. The third kappa shape index (κ3) is 4.79. The molecule has 0 aliphatic rings. The normalized spacial score (nSPS) is 10.2. The Morgan fingerprint density at radius 2 is 2.19 bits per heavy atom. The van der Waals surface area contributed by atoms with Crippen molar-refractivity contribution >= 4 is 5.91 Å². The standard InChI is InChI=1S/C12H18N2O2/c1-9(2)13-14-12(15)8-16-11-6-4-5-10(3)7-11/h4-7,9,13H,8H2,1-3H3,(H,14,15). The van der Waals surface area contributed by atoms with E-state index in [1.165, 1.54) is 0 Å². The SMILES string of the molecule is Cc1cccc(OCC(=O)NNC(C)C)c1. The molecule has 0 bridgehead atoms. The fraction of sp³-hybridized carbons (Fsp3) is 0.417. The summed E-state index contributed by atoms with van der Waals surface area (Å²) >= 11 is 0. The third-order valence-electron chi connectivity index (χ3n) is 1.86. The molecule has 16 heavy (non-hydrogen) atoms. The summed E-state index contributed by atoms with van der Waals surface area (Å²) in [5.74, 6) is 0.523. The minimum Gasteiger partial charge on any atom is -0.484 e. The summed E-state index contributed by atoms with van der Waals surface area (Å²) in [4.78, 5) is 11.3. The number of nitrogens with one attached hydrogen (secondary N) is 2. The molecule has 0 saturated heterocycles. The molecule has 2 N–H and O–H groups in total. The molecule has 0 aliphatic carbocycles. The lowest BCUT2D eigenvalue weighted by Gasteiger charge is -2.10. The van der Waals surface area contributed by atoms with Gasteiger partial charge in [-0.1, -0.05) is 12.1 Å². The predicted molar refractivity (Wildman–Crippen MR) is 63.1 cm³/mol. The van der Waals surface area contributed by atoms with Gasteiger partial charge in [-0.05, 0) is 38.5 Å². The highest BCUT2D eigenvalue weighted by atomic mass is 16.5. The van der Waals surface area contributed by atoms with Crippen molar-refractivity contribution in [3.63, 3.8) is 0 Å². The number of hydrogen-bond donors (Lipinski definition) is 2. The summed E-state index contributed by atoms with van der Waals surface area (Å²) < 4.78 is 5.33. The first-order chi connectivity index (χ1) is 7.58. The number of carbonyl (C=O) groups is 1. The first-order valence-electron chi connectivity index (χ1n) is 5.32. The topological polar surface area (TPSA) is 50.4 Å². The van der Waals surface area contributed by atoms with Crippen molar-refractivity contribution in [2.24, 2.45) is 0 Å². The summed E-state index contributed by atoms with van der Waals surface area (Å²) in [5, 5.41) is 0. The van der Waals surface area contributed by atoms with Gasteiger partial charge in [0.25, 0.3) is 5.91 Å². The van der Waals surface area contributed by atoms with Gasteiger partial charge in [0.15, 0.2) is 6.61 Å². The number of rotatable bonds is 5. The van der Waals surface area contributed by atoms with E-state index < -0.39 is 0 Å². The Kier molecular flexibility index (Phi) is 4.79. The lowest BCUT2D eigenvalue weighted by molar-refractivity contribution is -0.124. The summed E-state index contributed by atoms with van der Waals surface area (Å²) in [7, 11) is 0. The third-order valence-corrected chi connectivity index (χ3v) is 1.86. The molecule has 0 fully saturated rings. The molecule has 0 aromatic heterocycles. The average molecular weight is 222 g/mol. The molecule has 1 aromatic carbocycles. The van der Waals surface area contributed by atoms with Crippen LogP contribution in [0.5, 0.6) is 5.75 Å². The summed E-state index contributed by atoms with van der Waals surface area (Å²) in [6.45, 7) is 5.89. The van der Waals surface area contributed by atoms with Crippen molar-refractivity contribution in [3.05, 3.63) is 29.8 Å². The summed E-state index contributed by atoms with van der Waals surface area (Å²) in [5.41, 5.74) is 6.48. The number of amides is 1. The van der Waals surface area contributed by atoms with Gasteiger partial charge in [0.05, 0.1) is 0 Å². The highest BCUT2D eigenvalue weighted by molar-refractivity contribution is 5.76. The van der Waals surface area contributed by atoms with E-state index in [0.29, 0.717) is 5.75 Å². The molecule has 0 radical (unpaired) electrons. The van der Waals surface area contributed by atoms with Crippen LogP contribution in [0.25, 0.3) is 0 Å². The second-order valence-corrected chi connectivity index (χ2v) is 3.95. The molecule has 4 heteroatoms. The Hall–Kier alpha value is -1.55. The number of aryl methyl sites for hydroxylation is 1. The Morgan fingerprint density at radius 1 is 1.44 bits per heavy atom. The Bertz CT molecular complexity index is 351. The van der Waals surface area contributed by atoms with E-state index in [0.717, 1.165) is 5.56 Å². The van der Waals surface area contributed by atoms with Gasteiger partial charge in [-0.3, -0.25) is 10.2 Å². The highest BCUT2D eigenvalue weighted by Gasteiger charge is 2.02. The molecule has 0 atom stereocenters. The second-order valence-electron chi connectivity index (χ2n) is 3.95. The summed E-state index contributed by atoms with van der Waals surface area (Å²) in [6.07, 6.45) is 0. The van der Waals surface area contributed by atoms with Crippen LogP contribution in [0.3, 0.4) is 0 Å². The molecule has 0 spiro atoms. The van der Waals surface area contributed by atoms with Crippen LogP contribution < -0.4 is 15.6 Å². The van der Waals surface area contributed by atoms with Crippen LogP contribution in [0.4, 0.5) is 0 Å². The van der Waals surface area contributed by atoms with Crippen molar-refractivity contribution < 1.29 is 9.53 Å². The van der Waals surface area contributed by atoms with Crippen molar-refractivity contribution in [1.82, 2.24) is 10.9 Å². The van der Waals surface area contributed by atoms with E-state index in [-0.39, 0.29) is 18.6 Å². The quantitative estimate of drug-likeness (QED) is 0.740. The Labute approximate surface area is 96.0 Å². The van der Waals surface area contributed by atoms with Gasteiger partial charge in [0.2, 0.25) is 0 Å². The average Bonchev–Trinajstić information content (AvgIpc) is 2.23. The fourth-order valence-electron chi connectivity index (χ4n) is 1.11. The van der Waals surface area contributed by atoms with Crippen LogP contribution in [0.2, 0.25) is 0 Å². The van der Waals surface area contributed by atoms with Gasteiger partial charge in [-0.2, -0.15) is 0 Å². The molecule has 1 rings (SSSR count). The van der Waals surface area contributed by atoms with E-state index in [4.69, 9.17) is 4.74 Å². The lowest BCUT2D eigenvalue weighted by atomic mass is 10.2. The molecule has 88 valence electrons. The van der Waals surface area contributed by atoms with Gasteiger partial charge in [-0.25, -0.2) is 5.43 Å². The smallest absolute Gasteiger partial charge is 0.271 e. The van der Waals surface area contributed by atoms with E-state index in [2.05, 4.69) is 10.9 Å². The van der Waals surface area contributed by atoms with Crippen LogP contribution in [0.1, 0.15) is 19.4 Å². The lowest BCUT2D eigenvalue weighted by Crippen LogP contribution is -2.43. The zero-order valence-electron chi connectivity index (χ0n) is 9.91. The van der Waals surface area contributed by atoms with Crippen LogP contribution in [0, 0.1) is 6.92 Å². The minimum absolute atomic E-state index is 0.0170. The van der Waals surface area contributed by atoms with Crippen LogP contribution >= 0.6 is 0 Å². The van der Waals surface area contributed by atoms with Crippen molar-refractivity contribution in [2.75, 3.05) is 6.61 Å². The summed E-state index contributed by atoms with van der Waals surface area (Å²) in [6, 6.07) is 7.81. The molecule has 0 heterocycles. The maximum Gasteiger partial charge on any atom is 0.271 e. The van der Waals surface area contributed by atoms with Crippen molar-refractivity contribution in [2.45, 2.75) is 26.8 Å². The van der Waals surface area contributed by atoms with Crippen LogP contribution in [0.15, 0.2) is 24.3 Å². The number of hydrazine groups is 1. The first-order valence-corrected chi connectivity index (χ1v) is 5.32. The van der Waals surface area contributed by atoms with Gasteiger partial charge >= 0.3 is 0 Å². The van der Waals surface area contributed by atoms with E-state index >= 15 is 0 Å². The van der Waals surface area contributed by atoms with Gasteiger partial charge < -0.3 is 4.74 Å². The maximum atomic E-state index is 11.3. The van der Waals surface area contributed by atoms with Gasteiger partial charge in [0, 0.05) is 6.04 Å². The predicted octanol–water partition coefficient (Wildman–Crippen LogP) is 1.40. The monoisotopic (exact) mass is 222 g/mol. The van der Waals surface area contributed by atoms with Crippen LogP contribution in [-0.4, -0.2) is 18.6 Å². The number of benzene rings is 1. The zero-order valence-corrected chi connectivity index (χ0v) is 9.91. The zero-order chi connectivity index (χ0) is 12.0. The molecule has 0 saturated carbocycles. The molecule has 0 unspecified atom stereocenters. The minimum atomic E-state index is -0.185. The number of carbonyl (C=O) groups excluding carboxylic acids is 1. The molecular formula is C12H18N2O2. The van der Waals surface area contributed by atoms with E-state index in [1.807, 2.05) is 45.0 Å². The first kappa shape index (κ1) is 12.5. The molecular weight excluding hydrogens is 204 g/mol. The largest absolute Gasteiger partial charge is 0.484 e. The van der Waals surface area contributed by atoms with Crippen molar-refractivity contribution in [1.29, 1.82) is 0 Å². The number of hydrogen-bond acceptors (Lipinski definition) is 3. The van der Waals surface area contributed by atoms with Crippen molar-refractivity contribution in [3.8, 4) is 5.75 Å². The Morgan fingerprint density at radius 3 is 2.81 bits per heavy atom. The molecule has 0 aliphatic heterocycles. The maximum absolute atomic E-state index is 11.3. The Balaban J connectivity index is 2.31. The fourth-order valence-corrected chi connectivity index (χ4v) is 1.11. The van der Waals surface area contributed by atoms with Gasteiger partial charge in [0.1, 0.15) is 5.75 Å². The van der Waals surface area contributed by atoms with Crippen LogP contribution in [-0.2, 0) is 4.79 Å². The highest BCUT2D eigenvalue weighted by Crippen LogP contribution is 2.11. The second kappa shape index (κ2) is 6.12. The number of ether oxygens (including phenoxy) is 1. The van der Waals surface area contributed by atoms with E-state index in [9.17, 15) is 4.79 Å². The molecule has 1 aromatic rings.